The average Bonchev–Trinajstić information content (AvgIpc) is 2.65. The van der Waals surface area contributed by atoms with Crippen molar-refractivity contribution in [2.45, 2.75) is 98.4 Å². The number of unbranched alkanes of at least 4 members (excludes halogenated alkanes) is 2. The van der Waals surface area contributed by atoms with Crippen LogP contribution in [0.25, 0.3) is 0 Å². The Kier molecular flexibility index (Phi) is 10.5. The lowest BCUT2D eigenvalue weighted by Gasteiger charge is -2.26. The molecular weight excluding hydrogens is 376 g/mol. The Bertz CT molecular complexity index is 669. The van der Waals surface area contributed by atoms with E-state index in [1.165, 1.54) is 0 Å². The predicted octanol–water partition coefficient (Wildman–Crippen LogP) is 5.28. The normalized spacial score (nSPS) is 12.9. The molecule has 1 aromatic carbocycles. The third kappa shape index (κ3) is 8.47. The minimum absolute atomic E-state index is 0.153. The van der Waals surface area contributed by atoms with Gasteiger partial charge in [-0.1, -0.05) is 85.9 Å². The lowest BCUT2D eigenvalue weighted by molar-refractivity contribution is -0.137. The highest BCUT2D eigenvalue weighted by atomic mass is 16.5. The highest BCUT2D eigenvalue weighted by Crippen LogP contribution is 2.35. The quantitative estimate of drug-likeness (QED) is 0.275. The van der Waals surface area contributed by atoms with Gasteiger partial charge in [-0.15, -0.1) is 0 Å². The van der Waals surface area contributed by atoms with E-state index in [-0.39, 0.29) is 30.1 Å². The number of benzene rings is 1. The molecule has 0 aliphatic heterocycles. The van der Waals surface area contributed by atoms with Crippen molar-refractivity contribution in [3.63, 3.8) is 0 Å². The van der Waals surface area contributed by atoms with E-state index in [1.54, 1.807) is 0 Å². The van der Waals surface area contributed by atoms with Crippen LogP contribution in [0.5, 0.6) is 5.75 Å². The molecule has 5 heteroatoms. The molecule has 0 saturated carbocycles. The Morgan fingerprint density at radius 2 is 1.63 bits per heavy atom. The SMILES string of the molecule is CCCCC[C@H](N)C(=O)NCC(C)(C)CC(=O)Oc1c(C(C)C)cccc1C(C)C. The predicted molar refractivity (Wildman–Crippen MR) is 124 cm³/mol. The number of amides is 1. The van der Waals surface area contributed by atoms with Crippen LogP contribution in [-0.4, -0.2) is 24.5 Å². The van der Waals surface area contributed by atoms with Crippen LogP contribution in [0.2, 0.25) is 0 Å². The number of nitrogens with two attached hydrogens (primary N) is 1. The lowest BCUT2D eigenvalue weighted by atomic mass is 9.89. The first-order chi connectivity index (χ1) is 14.0. The molecule has 170 valence electrons. The van der Waals surface area contributed by atoms with Crippen LogP contribution < -0.4 is 15.8 Å². The second-order valence-electron chi connectivity index (χ2n) is 9.71. The number of carbonyl (C=O) groups is 2. The zero-order valence-corrected chi connectivity index (χ0v) is 20.0. The second kappa shape index (κ2) is 12.1. The van der Waals surface area contributed by atoms with Crippen molar-refractivity contribution in [3.8, 4) is 5.75 Å². The Labute approximate surface area is 183 Å². The summed E-state index contributed by atoms with van der Waals surface area (Å²) in [6.45, 7) is 14.8. The number of rotatable bonds is 12. The van der Waals surface area contributed by atoms with E-state index in [4.69, 9.17) is 10.5 Å². The topological polar surface area (TPSA) is 81.4 Å². The Hall–Kier alpha value is -1.88. The maximum atomic E-state index is 12.8. The maximum Gasteiger partial charge on any atom is 0.311 e. The zero-order chi connectivity index (χ0) is 22.9. The first-order valence-electron chi connectivity index (χ1n) is 11.3. The number of para-hydroxylation sites is 1. The zero-order valence-electron chi connectivity index (χ0n) is 20.0. The first kappa shape index (κ1) is 26.2. The molecule has 1 amide bonds. The number of ether oxygens (including phenoxy) is 1. The minimum atomic E-state index is -0.495. The van der Waals surface area contributed by atoms with Crippen LogP contribution in [0.15, 0.2) is 18.2 Å². The van der Waals surface area contributed by atoms with E-state index < -0.39 is 11.5 Å². The van der Waals surface area contributed by atoms with E-state index in [1.807, 2.05) is 32.0 Å². The van der Waals surface area contributed by atoms with Crippen molar-refractivity contribution in [1.82, 2.24) is 5.32 Å². The molecule has 0 aliphatic carbocycles. The number of nitrogens with one attached hydrogen (secondary N) is 1. The van der Waals surface area contributed by atoms with Gasteiger partial charge in [-0.2, -0.15) is 0 Å². The summed E-state index contributed by atoms with van der Waals surface area (Å²) >= 11 is 0. The summed E-state index contributed by atoms with van der Waals surface area (Å²) in [6, 6.07) is 5.56. The van der Waals surface area contributed by atoms with Crippen molar-refractivity contribution in [3.05, 3.63) is 29.3 Å². The molecule has 0 heterocycles. The summed E-state index contributed by atoms with van der Waals surface area (Å²) in [7, 11) is 0. The molecule has 0 radical (unpaired) electrons. The first-order valence-corrected chi connectivity index (χ1v) is 11.3. The van der Waals surface area contributed by atoms with Crippen molar-refractivity contribution < 1.29 is 14.3 Å². The lowest BCUT2D eigenvalue weighted by Crippen LogP contribution is -2.44. The van der Waals surface area contributed by atoms with Crippen molar-refractivity contribution in [2.75, 3.05) is 6.54 Å². The fourth-order valence-corrected chi connectivity index (χ4v) is 3.41. The third-order valence-electron chi connectivity index (χ3n) is 5.36. The molecule has 0 spiro atoms. The van der Waals surface area contributed by atoms with Gasteiger partial charge in [0.05, 0.1) is 12.5 Å². The van der Waals surface area contributed by atoms with Gasteiger partial charge in [0.1, 0.15) is 5.75 Å². The Balaban J connectivity index is 2.73. The van der Waals surface area contributed by atoms with Gasteiger partial charge in [0.25, 0.3) is 0 Å². The van der Waals surface area contributed by atoms with Crippen molar-refractivity contribution in [1.29, 1.82) is 0 Å². The molecule has 0 bridgehead atoms. The van der Waals surface area contributed by atoms with Crippen LogP contribution >= 0.6 is 0 Å². The van der Waals surface area contributed by atoms with Crippen LogP contribution in [-0.2, 0) is 9.59 Å². The van der Waals surface area contributed by atoms with Gasteiger partial charge in [-0.3, -0.25) is 9.59 Å². The minimum Gasteiger partial charge on any atom is -0.426 e. The van der Waals surface area contributed by atoms with E-state index in [2.05, 4.69) is 39.9 Å². The molecule has 3 N–H and O–H groups in total. The summed E-state index contributed by atoms with van der Waals surface area (Å²) < 4.78 is 5.88. The van der Waals surface area contributed by atoms with Crippen molar-refractivity contribution in [2.24, 2.45) is 11.1 Å². The van der Waals surface area contributed by atoms with E-state index in [0.29, 0.717) is 18.7 Å². The standard InChI is InChI=1S/C25H42N2O3/c1-8-9-10-14-21(26)24(29)27-16-25(6,7)15-22(28)30-23-19(17(2)3)12-11-13-20(23)18(4)5/h11-13,17-18,21H,8-10,14-16,26H2,1-7H3,(H,27,29)/t21-/m0/s1. The molecule has 5 nitrogen and oxygen atoms in total. The molecule has 1 atom stereocenters. The molecule has 1 aromatic rings. The molecule has 0 aliphatic rings. The van der Waals surface area contributed by atoms with E-state index in [0.717, 1.165) is 30.4 Å². The summed E-state index contributed by atoms with van der Waals surface area (Å²) in [5.74, 6) is 0.766. The van der Waals surface area contributed by atoms with E-state index >= 15 is 0 Å². The summed E-state index contributed by atoms with van der Waals surface area (Å²) in [4.78, 5) is 25.0. The number of carbonyl (C=O) groups excluding carboxylic acids is 2. The van der Waals surface area contributed by atoms with Gasteiger partial charge in [-0.25, -0.2) is 0 Å². The number of hydrogen-bond acceptors (Lipinski definition) is 4. The highest BCUT2D eigenvalue weighted by Gasteiger charge is 2.27. The molecule has 0 aromatic heterocycles. The monoisotopic (exact) mass is 418 g/mol. The Morgan fingerprint density at radius 1 is 1.07 bits per heavy atom. The molecule has 30 heavy (non-hydrogen) atoms. The smallest absolute Gasteiger partial charge is 0.311 e. The third-order valence-corrected chi connectivity index (χ3v) is 5.36. The maximum absolute atomic E-state index is 12.8. The average molecular weight is 419 g/mol. The van der Waals surface area contributed by atoms with Gasteiger partial charge in [-0.05, 0) is 34.8 Å². The Morgan fingerprint density at radius 3 is 2.13 bits per heavy atom. The molecule has 0 unspecified atom stereocenters. The molecule has 1 rings (SSSR count). The van der Waals surface area contributed by atoms with Crippen LogP contribution in [0.1, 0.15) is 104 Å². The summed E-state index contributed by atoms with van der Waals surface area (Å²) in [6.07, 6.45) is 4.03. The van der Waals surface area contributed by atoms with Gasteiger partial charge in [0, 0.05) is 6.54 Å². The van der Waals surface area contributed by atoms with Gasteiger partial charge < -0.3 is 15.8 Å². The second-order valence-corrected chi connectivity index (χ2v) is 9.71. The fourth-order valence-electron chi connectivity index (χ4n) is 3.41. The van der Waals surface area contributed by atoms with E-state index in [9.17, 15) is 9.59 Å². The molecular formula is C25H42N2O3. The van der Waals surface area contributed by atoms with Crippen LogP contribution in [0.3, 0.4) is 0 Å². The van der Waals surface area contributed by atoms with Crippen LogP contribution in [0.4, 0.5) is 0 Å². The fraction of sp³-hybridized carbons (Fsp3) is 0.680. The highest BCUT2D eigenvalue weighted by molar-refractivity contribution is 5.81. The van der Waals surface area contributed by atoms with Crippen molar-refractivity contribution >= 4 is 11.9 Å². The van der Waals surface area contributed by atoms with Gasteiger partial charge >= 0.3 is 5.97 Å². The van der Waals surface area contributed by atoms with Gasteiger partial charge in [0.2, 0.25) is 5.91 Å². The van der Waals surface area contributed by atoms with Gasteiger partial charge in [0.15, 0.2) is 0 Å². The summed E-state index contributed by atoms with van der Waals surface area (Å²) in [5, 5.41) is 2.91. The summed E-state index contributed by atoms with van der Waals surface area (Å²) in [5.41, 5.74) is 7.63. The molecule has 0 saturated heterocycles. The largest absolute Gasteiger partial charge is 0.426 e. The molecule has 0 fully saturated rings. The number of esters is 1. The number of hydrogen-bond donors (Lipinski definition) is 2. The van der Waals surface area contributed by atoms with Crippen LogP contribution in [0, 0.1) is 5.41 Å².